The molecule has 0 aromatic heterocycles. The smallest absolute Gasteiger partial charge is 0.374 e. The first kappa shape index (κ1) is 14.5. The van der Waals surface area contributed by atoms with E-state index in [-0.39, 0.29) is 42.9 Å². The van der Waals surface area contributed by atoms with E-state index in [2.05, 4.69) is 4.65 Å². The lowest BCUT2D eigenvalue weighted by Gasteiger charge is -2.01. The highest BCUT2D eigenvalue weighted by molar-refractivity contribution is 6.31. The Morgan fingerprint density at radius 1 is 1.00 bits per heavy atom. The van der Waals surface area contributed by atoms with Crippen LogP contribution < -0.4 is 0 Å². The zero-order valence-electron chi connectivity index (χ0n) is 9.45. The maximum atomic E-state index is 11.0. The van der Waals surface area contributed by atoms with Crippen molar-refractivity contribution in [3.05, 3.63) is 0 Å². The van der Waals surface area contributed by atoms with Crippen LogP contribution in [0.15, 0.2) is 0 Å². The van der Waals surface area contributed by atoms with E-state index >= 15 is 0 Å². The first-order valence-corrected chi connectivity index (χ1v) is 4.93. The summed E-state index contributed by atoms with van der Waals surface area (Å²) in [6.07, 6.45) is 0.0653. The van der Waals surface area contributed by atoms with E-state index in [0.717, 1.165) is 0 Å². The fourth-order valence-corrected chi connectivity index (χ4v) is 0.983. The van der Waals surface area contributed by atoms with Crippen LogP contribution in [0.25, 0.3) is 0 Å². The minimum Gasteiger partial charge on any atom is -0.538 e. The van der Waals surface area contributed by atoms with E-state index in [1.54, 1.807) is 0 Å². The second kappa shape index (κ2) is 7.79. The Kier molecular flexibility index (Phi) is 7.08. The van der Waals surface area contributed by atoms with Crippen molar-refractivity contribution in [2.45, 2.75) is 39.4 Å². The van der Waals surface area contributed by atoms with Gasteiger partial charge in [0, 0.05) is 6.42 Å². The van der Waals surface area contributed by atoms with Crippen molar-refractivity contribution in [2.75, 3.05) is 0 Å². The molecule has 87 valence electrons. The van der Waals surface area contributed by atoms with Gasteiger partial charge in [-0.15, -0.1) is 0 Å². The van der Waals surface area contributed by atoms with E-state index < -0.39 is 5.97 Å². The van der Waals surface area contributed by atoms with E-state index in [4.69, 9.17) is 0 Å². The van der Waals surface area contributed by atoms with Gasteiger partial charge < -0.3 is 4.65 Å². The van der Waals surface area contributed by atoms with Crippen LogP contribution in [0.3, 0.4) is 0 Å². The lowest BCUT2D eigenvalue weighted by molar-refractivity contribution is -0.137. The highest BCUT2D eigenvalue weighted by Gasteiger charge is 2.09. The maximum Gasteiger partial charge on any atom is 0.374 e. The van der Waals surface area contributed by atoms with Gasteiger partial charge in [0.15, 0.2) is 0 Å². The van der Waals surface area contributed by atoms with Crippen molar-refractivity contribution in [3.8, 4) is 0 Å². The minimum atomic E-state index is -0.633. The lowest BCUT2D eigenvalue weighted by atomic mass is 9.90. The maximum absolute atomic E-state index is 11.0. The van der Waals surface area contributed by atoms with Gasteiger partial charge in [-0.3, -0.25) is 19.2 Å². The third kappa shape index (κ3) is 9.11. The Morgan fingerprint density at radius 2 is 1.56 bits per heavy atom. The Bertz CT molecular complexity index is 268. The van der Waals surface area contributed by atoms with E-state index in [0.29, 0.717) is 0 Å². The molecule has 0 aliphatic carbocycles. The molecule has 0 aromatic carbocycles. The molecule has 1 radical (unpaired) electrons. The third-order valence-electron chi connectivity index (χ3n) is 1.60. The van der Waals surface area contributed by atoms with E-state index in [1.165, 1.54) is 21.3 Å². The molecule has 0 aromatic rings. The summed E-state index contributed by atoms with van der Waals surface area (Å²) in [7, 11) is 1.18. The zero-order chi connectivity index (χ0) is 12.6. The van der Waals surface area contributed by atoms with Gasteiger partial charge in [0.05, 0.1) is 6.42 Å². The van der Waals surface area contributed by atoms with Crippen LogP contribution in [0.4, 0.5) is 0 Å². The molecule has 16 heavy (non-hydrogen) atoms. The minimum absolute atomic E-state index is 0.0881. The summed E-state index contributed by atoms with van der Waals surface area (Å²) in [6, 6.07) is 0. The van der Waals surface area contributed by atoms with Crippen LogP contribution in [0.1, 0.15) is 33.1 Å². The molecule has 0 amide bonds. The average molecular weight is 225 g/mol. The molecular weight excluding hydrogens is 211 g/mol. The summed E-state index contributed by atoms with van der Waals surface area (Å²) >= 11 is 0. The molecule has 0 rings (SSSR count). The number of carbonyl (C=O) groups excluding carboxylic acids is 4. The second-order valence-corrected chi connectivity index (χ2v) is 3.49. The molecule has 6 heteroatoms. The number of hydrogen-bond donors (Lipinski definition) is 0. The molecule has 0 aliphatic rings. The Labute approximate surface area is 94.8 Å². The fraction of sp³-hybridized carbons (Fsp3) is 0.600. The van der Waals surface area contributed by atoms with Crippen molar-refractivity contribution in [3.63, 3.8) is 0 Å². The molecule has 0 heterocycles. The summed E-state index contributed by atoms with van der Waals surface area (Å²) in [5.41, 5.74) is 0. The van der Waals surface area contributed by atoms with Crippen LogP contribution in [0, 0.1) is 0 Å². The molecule has 0 spiro atoms. The van der Waals surface area contributed by atoms with Crippen molar-refractivity contribution in [1.29, 1.82) is 0 Å². The average Bonchev–Trinajstić information content (AvgIpc) is 2.10. The second-order valence-electron chi connectivity index (χ2n) is 3.49. The van der Waals surface area contributed by atoms with Gasteiger partial charge in [0.1, 0.15) is 23.8 Å². The SMILES string of the molecule is CC(=O)CC(=O)CC[B]OC(=O)CC(C)=O. The molecule has 5 nitrogen and oxygen atoms in total. The van der Waals surface area contributed by atoms with Crippen molar-refractivity contribution < 1.29 is 23.8 Å². The molecule has 0 fully saturated rings. The number of hydrogen-bond acceptors (Lipinski definition) is 5. The molecule has 0 unspecified atom stereocenters. The van der Waals surface area contributed by atoms with Gasteiger partial charge in [0.25, 0.3) is 5.97 Å². The summed E-state index contributed by atoms with van der Waals surface area (Å²) in [4.78, 5) is 43.0. The molecule has 0 saturated carbocycles. The Hall–Kier alpha value is -1.46. The van der Waals surface area contributed by atoms with Gasteiger partial charge >= 0.3 is 7.48 Å². The zero-order valence-corrected chi connectivity index (χ0v) is 9.45. The van der Waals surface area contributed by atoms with Crippen LogP contribution in [0.5, 0.6) is 0 Å². The van der Waals surface area contributed by atoms with Gasteiger partial charge in [-0.05, 0) is 20.2 Å². The van der Waals surface area contributed by atoms with Crippen LogP contribution in [-0.4, -0.2) is 30.8 Å². The van der Waals surface area contributed by atoms with Crippen LogP contribution in [-0.2, 0) is 23.8 Å². The summed E-state index contributed by atoms with van der Waals surface area (Å²) in [5, 5.41) is 0. The van der Waals surface area contributed by atoms with E-state index in [9.17, 15) is 19.2 Å². The molecule has 0 aliphatic heterocycles. The third-order valence-corrected chi connectivity index (χ3v) is 1.60. The quantitative estimate of drug-likeness (QED) is 0.341. The van der Waals surface area contributed by atoms with Crippen molar-refractivity contribution >= 4 is 30.8 Å². The molecular formula is C10H14BO5. The fourth-order valence-electron chi connectivity index (χ4n) is 0.983. The van der Waals surface area contributed by atoms with Gasteiger partial charge in [-0.1, -0.05) is 0 Å². The van der Waals surface area contributed by atoms with Gasteiger partial charge in [-0.25, -0.2) is 0 Å². The van der Waals surface area contributed by atoms with Gasteiger partial charge in [-0.2, -0.15) is 0 Å². The monoisotopic (exact) mass is 225 g/mol. The first-order chi connectivity index (χ1) is 7.41. The summed E-state index contributed by atoms with van der Waals surface area (Å²) in [6.45, 7) is 2.63. The number of ketones is 3. The molecule has 0 atom stereocenters. The van der Waals surface area contributed by atoms with Crippen LogP contribution in [0.2, 0.25) is 6.32 Å². The highest BCUT2D eigenvalue weighted by Crippen LogP contribution is 1.97. The summed E-state index contributed by atoms with van der Waals surface area (Å²) in [5.74, 6) is -1.28. The Balaban J connectivity index is 3.53. The van der Waals surface area contributed by atoms with Gasteiger partial charge in [0.2, 0.25) is 0 Å². The molecule has 0 N–H and O–H groups in total. The predicted molar refractivity (Wildman–Crippen MR) is 56.9 cm³/mol. The van der Waals surface area contributed by atoms with E-state index in [1.807, 2.05) is 0 Å². The lowest BCUT2D eigenvalue weighted by Crippen LogP contribution is -2.13. The first-order valence-electron chi connectivity index (χ1n) is 4.93. The topological polar surface area (TPSA) is 77.5 Å². The molecule has 0 saturated heterocycles. The largest absolute Gasteiger partial charge is 0.538 e. The molecule has 0 bridgehead atoms. The van der Waals surface area contributed by atoms with Crippen LogP contribution >= 0.6 is 0 Å². The number of Topliss-reactive ketones (excluding diaryl/α,β-unsaturated/α-hetero) is 3. The normalized spacial score (nSPS) is 9.38. The number of carbonyl (C=O) groups is 4. The standard InChI is InChI=1S/C10H14BO5/c1-7(12)5-9(14)3-4-11-16-10(15)6-8(2)13/h3-6H2,1-2H3. The highest BCUT2D eigenvalue weighted by atomic mass is 16.5. The Morgan fingerprint density at radius 3 is 2.06 bits per heavy atom. The number of rotatable bonds is 8. The summed E-state index contributed by atoms with van der Waals surface area (Å²) < 4.78 is 4.59. The van der Waals surface area contributed by atoms with Crippen molar-refractivity contribution in [2.24, 2.45) is 0 Å². The predicted octanol–water partition coefficient (Wildman–Crippen LogP) is 0.484. The van der Waals surface area contributed by atoms with Crippen molar-refractivity contribution in [1.82, 2.24) is 0 Å².